The number of carboxylic acids is 1. The highest BCUT2D eigenvalue weighted by Crippen LogP contribution is 2.29. The highest BCUT2D eigenvalue weighted by molar-refractivity contribution is 5.98. The summed E-state index contributed by atoms with van der Waals surface area (Å²) in [6.45, 7) is 2.10. The Labute approximate surface area is 128 Å². The fraction of sp³-hybridized carbons (Fsp3) is 0.667. The molecular weight excluding hydrogens is 264 g/mol. The number of Topliss-reactive ketones (excluding diaryl/α,β-unsaturated/α-hetero) is 1. The lowest BCUT2D eigenvalue weighted by molar-refractivity contribution is -0.137. The van der Waals surface area contributed by atoms with Crippen LogP contribution < -0.4 is 0 Å². The molecule has 0 aromatic carbocycles. The second-order valence-corrected chi connectivity index (χ2v) is 5.75. The Morgan fingerprint density at radius 2 is 1.81 bits per heavy atom. The third-order valence-electron chi connectivity index (χ3n) is 4.01. The summed E-state index contributed by atoms with van der Waals surface area (Å²) in [6, 6.07) is 0. The van der Waals surface area contributed by atoms with Crippen molar-refractivity contribution in [3.63, 3.8) is 0 Å². The fourth-order valence-electron chi connectivity index (χ4n) is 2.81. The quantitative estimate of drug-likeness (QED) is 0.439. The maximum Gasteiger partial charge on any atom is 0.303 e. The van der Waals surface area contributed by atoms with Crippen molar-refractivity contribution in [2.45, 2.75) is 77.6 Å². The van der Waals surface area contributed by atoms with Crippen molar-refractivity contribution in [3.05, 3.63) is 23.3 Å². The highest BCUT2D eigenvalue weighted by Gasteiger charge is 2.20. The van der Waals surface area contributed by atoms with Crippen molar-refractivity contribution in [2.24, 2.45) is 0 Å². The molecule has 0 radical (unpaired) electrons. The van der Waals surface area contributed by atoms with Crippen molar-refractivity contribution < 1.29 is 14.7 Å². The molecule has 21 heavy (non-hydrogen) atoms. The number of unbranched alkanes of at least 4 members (excludes halogenated alkanes) is 4. The van der Waals surface area contributed by atoms with Gasteiger partial charge in [0, 0.05) is 12.8 Å². The molecule has 0 aromatic heterocycles. The number of aliphatic carboxylic acids is 1. The van der Waals surface area contributed by atoms with Crippen LogP contribution in [0.5, 0.6) is 0 Å². The smallest absolute Gasteiger partial charge is 0.303 e. The Kier molecular flexibility index (Phi) is 8.72. The van der Waals surface area contributed by atoms with Crippen LogP contribution in [0.15, 0.2) is 23.3 Å². The molecule has 0 saturated carbocycles. The molecule has 3 heteroatoms. The minimum Gasteiger partial charge on any atom is -0.481 e. The molecule has 0 amide bonds. The summed E-state index contributed by atoms with van der Waals surface area (Å²) >= 11 is 0. The minimum atomic E-state index is -0.700. The number of allylic oxidation sites excluding steroid dienone is 4. The Morgan fingerprint density at radius 3 is 2.52 bits per heavy atom. The second-order valence-electron chi connectivity index (χ2n) is 5.75. The number of hydrogen-bond acceptors (Lipinski definition) is 2. The molecule has 0 heterocycles. The first-order valence-electron chi connectivity index (χ1n) is 8.26. The molecule has 0 saturated heterocycles. The molecule has 1 aliphatic carbocycles. The van der Waals surface area contributed by atoms with Gasteiger partial charge in [0.25, 0.3) is 0 Å². The second kappa shape index (κ2) is 10.4. The molecule has 0 atom stereocenters. The zero-order valence-corrected chi connectivity index (χ0v) is 13.2. The molecule has 3 nitrogen and oxygen atoms in total. The van der Waals surface area contributed by atoms with E-state index in [4.69, 9.17) is 5.11 Å². The number of carboxylic acid groups (broad SMARTS) is 1. The lowest BCUT2D eigenvalue weighted by atomic mass is 10.0. The van der Waals surface area contributed by atoms with Crippen LogP contribution in [0.2, 0.25) is 0 Å². The molecule has 0 fully saturated rings. The topological polar surface area (TPSA) is 54.4 Å². The Hall–Kier alpha value is -1.38. The monoisotopic (exact) mass is 292 g/mol. The largest absolute Gasteiger partial charge is 0.481 e. The summed E-state index contributed by atoms with van der Waals surface area (Å²) in [6.07, 6.45) is 14.2. The van der Waals surface area contributed by atoms with Gasteiger partial charge in [0.15, 0.2) is 5.78 Å². The van der Waals surface area contributed by atoms with Crippen molar-refractivity contribution in [2.75, 3.05) is 0 Å². The van der Waals surface area contributed by atoms with Gasteiger partial charge in [-0.3, -0.25) is 9.59 Å². The molecule has 1 rings (SSSR count). The third-order valence-corrected chi connectivity index (χ3v) is 4.01. The van der Waals surface area contributed by atoms with Gasteiger partial charge in [0.1, 0.15) is 0 Å². The molecule has 0 aliphatic heterocycles. The first-order chi connectivity index (χ1) is 10.1. The molecule has 118 valence electrons. The Bertz CT molecular complexity index is 405. The summed E-state index contributed by atoms with van der Waals surface area (Å²) in [5, 5.41) is 8.56. The van der Waals surface area contributed by atoms with Crippen molar-refractivity contribution in [3.8, 4) is 0 Å². The molecule has 1 N–H and O–H groups in total. The first kappa shape index (κ1) is 17.7. The van der Waals surface area contributed by atoms with Gasteiger partial charge in [-0.25, -0.2) is 0 Å². The van der Waals surface area contributed by atoms with Crippen molar-refractivity contribution >= 4 is 11.8 Å². The maximum absolute atomic E-state index is 11.9. The number of carbonyl (C=O) groups is 2. The number of rotatable bonds is 11. The van der Waals surface area contributed by atoms with Gasteiger partial charge in [0.05, 0.1) is 0 Å². The summed E-state index contributed by atoms with van der Waals surface area (Å²) in [4.78, 5) is 22.3. The predicted molar refractivity (Wildman–Crippen MR) is 85.3 cm³/mol. The van der Waals surface area contributed by atoms with Crippen LogP contribution in [0.4, 0.5) is 0 Å². The van der Waals surface area contributed by atoms with Gasteiger partial charge in [-0.1, -0.05) is 43.9 Å². The van der Waals surface area contributed by atoms with Gasteiger partial charge in [0.2, 0.25) is 0 Å². The van der Waals surface area contributed by atoms with Gasteiger partial charge in [-0.2, -0.15) is 0 Å². The molecular formula is C18H28O3. The summed E-state index contributed by atoms with van der Waals surface area (Å²) in [7, 11) is 0. The van der Waals surface area contributed by atoms with Crippen LogP contribution in [0.1, 0.15) is 77.6 Å². The van der Waals surface area contributed by atoms with E-state index >= 15 is 0 Å². The molecule has 0 unspecified atom stereocenters. The lowest BCUT2D eigenvalue weighted by Gasteiger charge is -2.05. The van der Waals surface area contributed by atoms with E-state index in [0.29, 0.717) is 12.2 Å². The van der Waals surface area contributed by atoms with E-state index in [0.717, 1.165) is 63.4 Å². The average Bonchev–Trinajstić information content (AvgIpc) is 2.79. The van der Waals surface area contributed by atoms with Gasteiger partial charge in [-0.05, 0) is 44.1 Å². The van der Waals surface area contributed by atoms with E-state index in [9.17, 15) is 9.59 Å². The van der Waals surface area contributed by atoms with E-state index in [2.05, 4.69) is 19.1 Å². The van der Waals surface area contributed by atoms with Gasteiger partial charge >= 0.3 is 5.97 Å². The van der Waals surface area contributed by atoms with Crippen LogP contribution in [0, 0.1) is 0 Å². The Morgan fingerprint density at radius 1 is 1.10 bits per heavy atom. The van der Waals surface area contributed by atoms with E-state index in [1.54, 1.807) is 0 Å². The van der Waals surface area contributed by atoms with Gasteiger partial charge < -0.3 is 5.11 Å². The molecule has 0 aromatic rings. The molecule has 0 bridgehead atoms. The SMILES string of the molecule is CCC=CCC1=C(CCCCCCCC(=O)O)CCC1=O. The fourth-order valence-corrected chi connectivity index (χ4v) is 2.81. The Balaban J connectivity index is 2.23. The summed E-state index contributed by atoms with van der Waals surface area (Å²) in [5.41, 5.74) is 2.43. The predicted octanol–water partition coefficient (Wildman–Crippen LogP) is 4.82. The molecule has 1 aliphatic rings. The van der Waals surface area contributed by atoms with E-state index in [1.807, 2.05) is 0 Å². The normalized spacial score (nSPS) is 15.4. The number of hydrogen-bond donors (Lipinski definition) is 1. The van der Waals surface area contributed by atoms with Crippen LogP contribution >= 0.6 is 0 Å². The number of ketones is 1. The van der Waals surface area contributed by atoms with Crippen molar-refractivity contribution in [1.29, 1.82) is 0 Å². The summed E-state index contributed by atoms with van der Waals surface area (Å²) in [5.74, 6) is -0.360. The minimum absolute atomic E-state index is 0.285. The van der Waals surface area contributed by atoms with Crippen LogP contribution in [0.25, 0.3) is 0 Å². The van der Waals surface area contributed by atoms with Crippen molar-refractivity contribution in [1.82, 2.24) is 0 Å². The van der Waals surface area contributed by atoms with E-state index in [-0.39, 0.29) is 6.42 Å². The van der Waals surface area contributed by atoms with Crippen LogP contribution in [-0.2, 0) is 9.59 Å². The zero-order valence-electron chi connectivity index (χ0n) is 13.2. The molecule has 0 spiro atoms. The van der Waals surface area contributed by atoms with Crippen LogP contribution in [-0.4, -0.2) is 16.9 Å². The van der Waals surface area contributed by atoms with E-state index < -0.39 is 5.97 Å². The highest BCUT2D eigenvalue weighted by atomic mass is 16.4. The number of carbonyl (C=O) groups excluding carboxylic acids is 1. The summed E-state index contributed by atoms with van der Waals surface area (Å²) < 4.78 is 0. The zero-order chi connectivity index (χ0) is 15.5. The lowest BCUT2D eigenvalue weighted by Crippen LogP contribution is -1.95. The maximum atomic E-state index is 11.9. The van der Waals surface area contributed by atoms with Crippen LogP contribution in [0.3, 0.4) is 0 Å². The van der Waals surface area contributed by atoms with Gasteiger partial charge in [-0.15, -0.1) is 0 Å². The first-order valence-corrected chi connectivity index (χ1v) is 8.26. The average molecular weight is 292 g/mol. The third kappa shape index (κ3) is 7.26. The van der Waals surface area contributed by atoms with E-state index in [1.165, 1.54) is 5.57 Å². The standard InChI is InChI=1S/C18H28O3/c1-2-3-7-11-16-15(13-14-17(16)19)10-8-5-4-6-9-12-18(20)21/h3,7H,2,4-6,8-14H2,1H3,(H,20,21).